The topological polar surface area (TPSA) is 52.0 Å². The van der Waals surface area contributed by atoms with Crippen LogP contribution in [-0.4, -0.2) is 33.2 Å². The first-order chi connectivity index (χ1) is 10.5. The molecule has 0 spiro atoms. The molecule has 1 heterocycles. The van der Waals surface area contributed by atoms with Crippen LogP contribution in [-0.2, 0) is 16.8 Å². The number of hydrogen-bond donors (Lipinski definition) is 1. The van der Waals surface area contributed by atoms with Gasteiger partial charge in [0.25, 0.3) is 0 Å². The fraction of sp³-hybridized carbons (Fsp3) is 0.889. The van der Waals surface area contributed by atoms with Crippen LogP contribution >= 0.6 is 0 Å². The maximum absolute atomic E-state index is 6.12. The molecule has 1 aromatic heterocycles. The summed E-state index contributed by atoms with van der Waals surface area (Å²) < 4.78 is 7.98. The molecule has 0 aliphatic carbocycles. The Hall–Kier alpha value is -0.940. The van der Waals surface area contributed by atoms with Gasteiger partial charge in [-0.1, -0.05) is 32.9 Å². The Kier molecular flexibility index (Phi) is 7.21. The van der Waals surface area contributed by atoms with Gasteiger partial charge in [-0.3, -0.25) is 5.32 Å². The van der Waals surface area contributed by atoms with E-state index in [-0.39, 0.29) is 11.0 Å². The smallest absolute Gasteiger partial charge is 0.0923 e. The van der Waals surface area contributed by atoms with E-state index in [4.69, 9.17) is 4.74 Å². The summed E-state index contributed by atoms with van der Waals surface area (Å²) in [6.07, 6.45) is 4.05. The Morgan fingerprint density at radius 3 is 2.39 bits per heavy atom. The molecular formula is C18H36N4O. The van der Waals surface area contributed by atoms with Gasteiger partial charge in [0.2, 0.25) is 0 Å². The summed E-state index contributed by atoms with van der Waals surface area (Å²) >= 11 is 0. The van der Waals surface area contributed by atoms with Gasteiger partial charge in [0.15, 0.2) is 0 Å². The van der Waals surface area contributed by atoms with E-state index < -0.39 is 0 Å². The molecule has 23 heavy (non-hydrogen) atoms. The minimum atomic E-state index is -0.0664. The van der Waals surface area contributed by atoms with Crippen LogP contribution in [0, 0.1) is 5.92 Å². The van der Waals surface area contributed by atoms with Crippen molar-refractivity contribution in [1.82, 2.24) is 20.3 Å². The molecule has 0 bridgehead atoms. The zero-order valence-corrected chi connectivity index (χ0v) is 16.3. The van der Waals surface area contributed by atoms with Crippen molar-refractivity contribution < 1.29 is 4.74 Å². The normalized spacial score (nSPS) is 13.3. The van der Waals surface area contributed by atoms with Gasteiger partial charge < -0.3 is 4.74 Å². The highest BCUT2D eigenvalue weighted by atomic mass is 16.5. The second-order valence-corrected chi connectivity index (χ2v) is 8.50. The first-order valence-corrected chi connectivity index (χ1v) is 8.80. The summed E-state index contributed by atoms with van der Waals surface area (Å²) in [5, 5.41) is 11.9. The van der Waals surface area contributed by atoms with Crippen molar-refractivity contribution in [1.29, 1.82) is 0 Å². The Labute approximate surface area is 142 Å². The van der Waals surface area contributed by atoms with Gasteiger partial charge in [-0.15, -0.1) is 5.10 Å². The van der Waals surface area contributed by atoms with Crippen LogP contribution in [0.2, 0.25) is 0 Å². The van der Waals surface area contributed by atoms with Crippen molar-refractivity contribution in [2.75, 3.05) is 6.61 Å². The zero-order valence-electron chi connectivity index (χ0n) is 16.3. The van der Waals surface area contributed by atoms with Crippen LogP contribution in [0.1, 0.15) is 73.9 Å². The lowest BCUT2D eigenvalue weighted by molar-refractivity contribution is -0.0372. The Balaban J connectivity index is 2.52. The molecule has 5 nitrogen and oxygen atoms in total. The number of hydrogen-bond acceptors (Lipinski definition) is 4. The summed E-state index contributed by atoms with van der Waals surface area (Å²) in [5.41, 5.74) is 0.917. The minimum absolute atomic E-state index is 0.0377. The third-order valence-electron chi connectivity index (χ3n) is 4.01. The molecule has 0 aliphatic rings. The van der Waals surface area contributed by atoms with Gasteiger partial charge in [-0.25, -0.2) is 4.68 Å². The molecule has 1 aromatic rings. The predicted molar refractivity (Wildman–Crippen MR) is 95.4 cm³/mol. The number of nitrogens with one attached hydrogen (secondary N) is 1. The van der Waals surface area contributed by atoms with Crippen LogP contribution in [0.4, 0.5) is 0 Å². The molecule has 0 atom stereocenters. The lowest BCUT2D eigenvalue weighted by Gasteiger charge is -2.29. The molecule has 0 aromatic carbocycles. The molecule has 0 unspecified atom stereocenters. The van der Waals surface area contributed by atoms with Crippen LogP contribution in [0.15, 0.2) is 6.20 Å². The van der Waals surface area contributed by atoms with E-state index in [1.807, 2.05) is 10.9 Å². The first kappa shape index (κ1) is 20.1. The van der Waals surface area contributed by atoms with Gasteiger partial charge in [0, 0.05) is 18.1 Å². The first-order valence-electron chi connectivity index (χ1n) is 8.80. The molecule has 0 aliphatic heterocycles. The van der Waals surface area contributed by atoms with E-state index in [0.717, 1.165) is 25.1 Å². The summed E-state index contributed by atoms with van der Waals surface area (Å²) in [4.78, 5) is 0. The van der Waals surface area contributed by atoms with Gasteiger partial charge in [0.1, 0.15) is 0 Å². The van der Waals surface area contributed by atoms with E-state index >= 15 is 0 Å². The van der Waals surface area contributed by atoms with Gasteiger partial charge in [-0.2, -0.15) is 0 Å². The summed E-state index contributed by atoms with van der Waals surface area (Å²) in [5.74, 6) is 0.645. The largest absolute Gasteiger partial charge is 0.376 e. The van der Waals surface area contributed by atoms with Crippen molar-refractivity contribution in [2.45, 2.75) is 92.0 Å². The average molecular weight is 325 g/mol. The van der Waals surface area contributed by atoms with E-state index in [2.05, 4.69) is 71.0 Å². The quantitative estimate of drug-likeness (QED) is 0.712. The monoisotopic (exact) mass is 324 g/mol. The average Bonchev–Trinajstić information content (AvgIpc) is 2.83. The van der Waals surface area contributed by atoms with Crippen molar-refractivity contribution >= 4 is 0 Å². The summed E-state index contributed by atoms with van der Waals surface area (Å²) in [6, 6.07) is 0.437. The molecule has 0 saturated heterocycles. The molecule has 0 saturated carbocycles. The van der Waals surface area contributed by atoms with E-state index in [0.29, 0.717) is 18.6 Å². The van der Waals surface area contributed by atoms with Crippen molar-refractivity contribution in [3.05, 3.63) is 11.9 Å². The zero-order chi connectivity index (χ0) is 17.7. The van der Waals surface area contributed by atoms with Crippen LogP contribution in [0.5, 0.6) is 0 Å². The fourth-order valence-corrected chi connectivity index (χ4v) is 2.71. The van der Waals surface area contributed by atoms with Crippen LogP contribution in [0.25, 0.3) is 0 Å². The molecule has 1 rings (SSSR count). The maximum Gasteiger partial charge on any atom is 0.0923 e. The number of ether oxygens (including phenoxy) is 1. The second-order valence-electron chi connectivity index (χ2n) is 8.50. The Morgan fingerprint density at radius 2 is 1.83 bits per heavy atom. The lowest BCUT2D eigenvalue weighted by atomic mass is 9.86. The third-order valence-corrected chi connectivity index (χ3v) is 4.01. The highest BCUT2D eigenvalue weighted by Crippen LogP contribution is 2.27. The molecule has 0 amide bonds. The number of nitrogens with zero attached hydrogens (tertiary/aromatic N) is 3. The predicted octanol–water partition coefficient (Wildman–Crippen LogP) is 3.74. The molecule has 0 radical (unpaired) electrons. The third kappa shape index (κ3) is 7.44. The summed E-state index contributed by atoms with van der Waals surface area (Å²) in [7, 11) is 0. The van der Waals surface area contributed by atoms with Crippen LogP contribution < -0.4 is 5.32 Å². The SMILES string of the molecule is CC(C)CC(C)(C)OCCC(C)(C)c1cn(CNC(C)C)nn1. The van der Waals surface area contributed by atoms with E-state index in [9.17, 15) is 0 Å². The van der Waals surface area contributed by atoms with E-state index in [1.165, 1.54) is 0 Å². The number of aromatic nitrogens is 3. The molecule has 134 valence electrons. The van der Waals surface area contributed by atoms with Crippen LogP contribution in [0.3, 0.4) is 0 Å². The lowest BCUT2D eigenvalue weighted by Crippen LogP contribution is -2.29. The Morgan fingerprint density at radius 1 is 1.17 bits per heavy atom. The summed E-state index contributed by atoms with van der Waals surface area (Å²) in [6.45, 7) is 18.9. The Bertz CT molecular complexity index is 463. The van der Waals surface area contributed by atoms with Gasteiger partial charge in [-0.05, 0) is 46.5 Å². The minimum Gasteiger partial charge on any atom is -0.376 e. The standard InChI is InChI=1S/C18H36N4O/c1-14(2)11-18(7,8)23-10-9-17(5,6)16-12-22(21-20-16)13-19-15(3)4/h12,14-15,19H,9-11,13H2,1-8H3. The fourth-order valence-electron chi connectivity index (χ4n) is 2.71. The van der Waals surface area contributed by atoms with Crippen molar-refractivity contribution in [2.24, 2.45) is 5.92 Å². The van der Waals surface area contributed by atoms with E-state index in [1.54, 1.807) is 0 Å². The maximum atomic E-state index is 6.12. The van der Waals surface area contributed by atoms with Gasteiger partial charge >= 0.3 is 0 Å². The molecular weight excluding hydrogens is 288 g/mol. The highest BCUT2D eigenvalue weighted by molar-refractivity contribution is 5.08. The molecule has 0 fully saturated rings. The van der Waals surface area contributed by atoms with Crippen molar-refractivity contribution in [3.63, 3.8) is 0 Å². The number of rotatable bonds is 10. The highest BCUT2D eigenvalue weighted by Gasteiger charge is 2.26. The molecule has 1 N–H and O–H groups in total. The second kappa shape index (κ2) is 8.25. The van der Waals surface area contributed by atoms with Gasteiger partial charge in [0.05, 0.1) is 24.2 Å². The van der Waals surface area contributed by atoms with Crippen molar-refractivity contribution in [3.8, 4) is 0 Å². The molecule has 5 heteroatoms.